The normalized spacial score (nSPS) is 23.2. The van der Waals surface area contributed by atoms with Crippen LogP contribution in [0.4, 0.5) is 0 Å². The van der Waals surface area contributed by atoms with Gasteiger partial charge in [-0.1, -0.05) is 41.0 Å². The largest absolute Gasteiger partial charge is 0.480 e. The van der Waals surface area contributed by atoms with E-state index in [2.05, 4.69) is 15.5 Å². The number of amides is 3. The fourth-order valence-corrected chi connectivity index (χ4v) is 5.30. The van der Waals surface area contributed by atoms with E-state index in [0.29, 0.717) is 19.5 Å². The second-order valence-electron chi connectivity index (χ2n) is 11.8. The number of carboxylic acid groups (broad SMARTS) is 1. The van der Waals surface area contributed by atoms with Gasteiger partial charge in [0.2, 0.25) is 17.7 Å². The molecule has 4 atom stereocenters. The number of hydrogen-bond donors (Lipinski definition) is 3. The molecule has 10 heteroatoms. The van der Waals surface area contributed by atoms with Gasteiger partial charge in [-0.2, -0.15) is 0 Å². The molecule has 206 valence electrons. The van der Waals surface area contributed by atoms with Crippen molar-refractivity contribution in [2.24, 2.45) is 11.3 Å². The molecule has 3 amide bonds. The molecule has 10 nitrogen and oxygen atoms in total. The molecule has 0 aromatic rings. The fourth-order valence-electron chi connectivity index (χ4n) is 5.30. The smallest absolute Gasteiger partial charge is 0.322 e. The number of aliphatic carboxylic acids is 1. The third-order valence-electron chi connectivity index (χ3n) is 7.59. The number of carbonyl (C=O) groups is 4. The van der Waals surface area contributed by atoms with Gasteiger partial charge in [-0.15, -0.1) is 0 Å². The third kappa shape index (κ3) is 7.90. The summed E-state index contributed by atoms with van der Waals surface area (Å²) in [6.45, 7) is 11.7. The van der Waals surface area contributed by atoms with Crippen molar-refractivity contribution >= 4 is 23.7 Å². The Morgan fingerprint density at radius 3 is 2.19 bits per heavy atom. The van der Waals surface area contributed by atoms with E-state index in [4.69, 9.17) is 5.11 Å². The maximum Gasteiger partial charge on any atom is 0.322 e. The molecule has 2 unspecified atom stereocenters. The summed E-state index contributed by atoms with van der Waals surface area (Å²) < 4.78 is 0. The van der Waals surface area contributed by atoms with Crippen molar-refractivity contribution < 1.29 is 24.3 Å². The number of likely N-dealkylation sites (N-methyl/N-ethyl adjacent to an activating group) is 2. The van der Waals surface area contributed by atoms with Crippen LogP contribution in [0.5, 0.6) is 0 Å². The summed E-state index contributed by atoms with van der Waals surface area (Å²) in [5.74, 6) is -1.49. The Bertz CT molecular complexity index is 796. The lowest BCUT2D eigenvalue weighted by Gasteiger charge is -2.41. The standard InChI is InChI=1S/C26H47N5O5/c1-17(2)20(16-31-14-10-12-19(31)23(34)27-15-21(32)33)30(7)25(36)22(26(3,4)5)28-24(35)18-11-8-9-13-29(18)6/h17-20,22H,8-16H2,1-7H3,(H,27,34)(H,28,35)(H,32,33)/t18-,19?,20-,22?/m1/s1. The molecule has 0 bridgehead atoms. The van der Waals surface area contributed by atoms with Gasteiger partial charge in [-0.05, 0) is 57.2 Å². The number of carbonyl (C=O) groups excluding carboxylic acids is 3. The Kier molecular flexibility index (Phi) is 10.7. The molecule has 0 aromatic heterocycles. The minimum absolute atomic E-state index is 0.102. The van der Waals surface area contributed by atoms with Gasteiger partial charge in [-0.3, -0.25) is 29.0 Å². The zero-order valence-electron chi connectivity index (χ0n) is 23.2. The van der Waals surface area contributed by atoms with Crippen LogP contribution in [-0.4, -0.2) is 108 Å². The van der Waals surface area contributed by atoms with Crippen LogP contribution >= 0.6 is 0 Å². The average Bonchev–Trinajstić information content (AvgIpc) is 3.26. The van der Waals surface area contributed by atoms with Crippen molar-refractivity contribution in [2.45, 2.75) is 90.9 Å². The SMILES string of the molecule is CC(C)[C@@H](CN1CCCC1C(=O)NCC(=O)O)N(C)C(=O)C(NC(=O)[C@H]1CCCCN1C)C(C)(C)C. The van der Waals surface area contributed by atoms with Crippen LogP contribution in [-0.2, 0) is 19.2 Å². The second-order valence-corrected chi connectivity index (χ2v) is 11.8. The third-order valence-corrected chi connectivity index (χ3v) is 7.59. The van der Waals surface area contributed by atoms with Crippen molar-refractivity contribution in [3.63, 3.8) is 0 Å². The number of hydrogen-bond acceptors (Lipinski definition) is 6. The van der Waals surface area contributed by atoms with Gasteiger partial charge in [-0.25, -0.2) is 0 Å². The lowest BCUT2D eigenvalue weighted by atomic mass is 9.84. The van der Waals surface area contributed by atoms with Gasteiger partial charge in [0.25, 0.3) is 0 Å². The lowest BCUT2D eigenvalue weighted by molar-refractivity contribution is -0.143. The minimum Gasteiger partial charge on any atom is -0.480 e. The zero-order valence-corrected chi connectivity index (χ0v) is 23.2. The summed E-state index contributed by atoms with van der Waals surface area (Å²) in [5, 5.41) is 14.5. The van der Waals surface area contributed by atoms with E-state index in [0.717, 1.165) is 32.2 Å². The van der Waals surface area contributed by atoms with Crippen LogP contribution in [0.1, 0.15) is 66.7 Å². The van der Waals surface area contributed by atoms with Crippen LogP contribution in [0.25, 0.3) is 0 Å². The molecule has 2 saturated heterocycles. The van der Waals surface area contributed by atoms with Gasteiger partial charge < -0.3 is 20.6 Å². The van der Waals surface area contributed by atoms with Crippen molar-refractivity contribution in [3.05, 3.63) is 0 Å². The van der Waals surface area contributed by atoms with Gasteiger partial charge in [0.05, 0.1) is 12.1 Å². The van der Waals surface area contributed by atoms with E-state index in [-0.39, 0.29) is 35.7 Å². The summed E-state index contributed by atoms with van der Waals surface area (Å²) in [7, 11) is 3.73. The van der Waals surface area contributed by atoms with E-state index in [9.17, 15) is 19.2 Å². The minimum atomic E-state index is -1.08. The van der Waals surface area contributed by atoms with Crippen LogP contribution < -0.4 is 10.6 Å². The topological polar surface area (TPSA) is 122 Å². The molecule has 0 aromatic carbocycles. The first-order valence-corrected chi connectivity index (χ1v) is 13.2. The molecule has 2 aliphatic heterocycles. The highest BCUT2D eigenvalue weighted by Crippen LogP contribution is 2.26. The predicted molar refractivity (Wildman–Crippen MR) is 138 cm³/mol. The van der Waals surface area contributed by atoms with Crippen molar-refractivity contribution in [2.75, 3.05) is 40.3 Å². The van der Waals surface area contributed by atoms with Gasteiger partial charge in [0, 0.05) is 19.6 Å². The fraction of sp³-hybridized carbons (Fsp3) is 0.846. The molecule has 2 rings (SSSR count). The van der Waals surface area contributed by atoms with E-state index in [1.54, 1.807) is 11.9 Å². The quantitative estimate of drug-likeness (QED) is 0.404. The number of likely N-dealkylation sites (tertiary alicyclic amines) is 2. The highest BCUT2D eigenvalue weighted by atomic mass is 16.4. The van der Waals surface area contributed by atoms with Crippen molar-refractivity contribution in [1.29, 1.82) is 0 Å². The molecule has 0 aliphatic carbocycles. The number of nitrogens with one attached hydrogen (secondary N) is 2. The van der Waals surface area contributed by atoms with Crippen LogP contribution in [0, 0.1) is 11.3 Å². The highest BCUT2D eigenvalue weighted by Gasteiger charge is 2.41. The molecule has 0 saturated carbocycles. The number of piperidine rings is 1. The van der Waals surface area contributed by atoms with Crippen LogP contribution in [0.3, 0.4) is 0 Å². The average molecular weight is 510 g/mol. The van der Waals surface area contributed by atoms with Gasteiger partial charge in [0.15, 0.2) is 0 Å². The Balaban J connectivity index is 2.15. The molecular formula is C26H47N5O5. The van der Waals surface area contributed by atoms with E-state index < -0.39 is 30.0 Å². The summed E-state index contributed by atoms with van der Waals surface area (Å²) in [6, 6.07) is -1.49. The van der Waals surface area contributed by atoms with Crippen molar-refractivity contribution in [1.82, 2.24) is 25.3 Å². The lowest BCUT2D eigenvalue weighted by Crippen LogP contribution is -2.61. The van der Waals surface area contributed by atoms with E-state index >= 15 is 0 Å². The molecule has 2 aliphatic rings. The Labute approximate surface area is 216 Å². The first-order chi connectivity index (χ1) is 16.7. The molecular weight excluding hydrogens is 462 g/mol. The Morgan fingerprint density at radius 2 is 1.64 bits per heavy atom. The van der Waals surface area contributed by atoms with Gasteiger partial charge >= 0.3 is 5.97 Å². The molecule has 2 heterocycles. The Hall–Kier alpha value is -2.20. The first kappa shape index (κ1) is 30.0. The van der Waals surface area contributed by atoms with E-state index in [1.165, 1.54) is 0 Å². The summed E-state index contributed by atoms with van der Waals surface area (Å²) in [5.41, 5.74) is -0.483. The van der Waals surface area contributed by atoms with Crippen molar-refractivity contribution in [3.8, 4) is 0 Å². The summed E-state index contributed by atoms with van der Waals surface area (Å²) in [4.78, 5) is 56.3. The monoisotopic (exact) mass is 509 g/mol. The first-order valence-electron chi connectivity index (χ1n) is 13.2. The molecule has 0 spiro atoms. The number of carboxylic acids is 1. The predicted octanol–water partition coefficient (Wildman–Crippen LogP) is 1.15. The van der Waals surface area contributed by atoms with Crippen LogP contribution in [0.15, 0.2) is 0 Å². The Morgan fingerprint density at radius 1 is 1.00 bits per heavy atom. The maximum absolute atomic E-state index is 13.8. The number of nitrogens with zero attached hydrogens (tertiary/aromatic N) is 3. The summed E-state index contributed by atoms with van der Waals surface area (Å²) in [6.07, 6.45) is 4.36. The molecule has 0 radical (unpaired) electrons. The molecule has 2 fully saturated rings. The molecule has 36 heavy (non-hydrogen) atoms. The zero-order chi connectivity index (χ0) is 27.2. The van der Waals surface area contributed by atoms with Crippen LogP contribution in [0.2, 0.25) is 0 Å². The second kappa shape index (κ2) is 12.9. The van der Waals surface area contributed by atoms with E-state index in [1.807, 2.05) is 46.6 Å². The summed E-state index contributed by atoms with van der Waals surface area (Å²) >= 11 is 0. The molecule has 3 N–H and O–H groups in total. The number of rotatable bonds is 10. The highest BCUT2D eigenvalue weighted by molar-refractivity contribution is 5.90. The maximum atomic E-state index is 13.8. The van der Waals surface area contributed by atoms with Gasteiger partial charge in [0.1, 0.15) is 12.6 Å².